The van der Waals surface area contributed by atoms with Gasteiger partial charge >= 0.3 is 11.7 Å². The van der Waals surface area contributed by atoms with E-state index in [4.69, 9.17) is 15.9 Å². The number of rotatable bonds is 4. The normalized spacial score (nSPS) is 29.2. The van der Waals surface area contributed by atoms with Gasteiger partial charge in [0, 0.05) is 10.6 Å². The maximum Gasteiger partial charge on any atom is 0.476 e. The lowest BCUT2D eigenvalue weighted by Crippen LogP contribution is -2.19. The standard InChI is InChI=1S/C8H9O4S/c1-2-7(13-10)3-6-5-11-8(4-9)12-6/h1,4,6-8H,3,5H2/q+1. The highest BCUT2D eigenvalue weighted by atomic mass is 32.1. The van der Waals surface area contributed by atoms with Crippen molar-refractivity contribution in [3.8, 4) is 12.3 Å². The van der Waals surface area contributed by atoms with Crippen LogP contribution < -0.4 is 0 Å². The molecule has 1 fully saturated rings. The van der Waals surface area contributed by atoms with Crippen LogP contribution in [0.1, 0.15) is 6.42 Å². The van der Waals surface area contributed by atoms with E-state index in [0.717, 1.165) is 0 Å². The first-order chi connectivity index (χ1) is 6.30. The van der Waals surface area contributed by atoms with Crippen LogP contribution in [0.2, 0.25) is 0 Å². The van der Waals surface area contributed by atoms with Gasteiger partial charge in [-0.25, -0.2) is 0 Å². The average Bonchev–Trinajstić information content (AvgIpc) is 2.61. The van der Waals surface area contributed by atoms with Crippen LogP contribution in [0.4, 0.5) is 0 Å². The number of hydrogen-bond donors (Lipinski definition) is 0. The lowest BCUT2D eigenvalue weighted by molar-refractivity contribution is -0.133. The molecule has 0 aromatic heterocycles. The first kappa shape index (κ1) is 10.3. The Bertz CT molecular complexity index is 235. The molecule has 13 heavy (non-hydrogen) atoms. The van der Waals surface area contributed by atoms with Crippen molar-refractivity contribution >= 4 is 18.0 Å². The quantitative estimate of drug-likeness (QED) is 0.357. The second kappa shape index (κ2) is 5.02. The predicted octanol–water partition coefficient (Wildman–Crippen LogP) is -0.253. The average molecular weight is 201 g/mol. The van der Waals surface area contributed by atoms with Crippen molar-refractivity contribution in [3.63, 3.8) is 0 Å². The van der Waals surface area contributed by atoms with Crippen molar-refractivity contribution in [1.29, 1.82) is 0 Å². The second-order valence-electron chi connectivity index (χ2n) is 2.58. The molecule has 0 aliphatic carbocycles. The molecule has 1 aliphatic heterocycles. The van der Waals surface area contributed by atoms with Crippen LogP contribution in [0, 0.1) is 12.3 Å². The zero-order chi connectivity index (χ0) is 9.68. The van der Waals surface area contributed by atoms with Gasteiger partial charge in [0.05, 0.1) is 12.7 Å². The summed E-state index contributed by atoms with van der Waals surface area (Å²) in [5.74, 6) is 2.34. The molecule has 1 rings (SSSR count). The summed E-state index contributed by atoms with van der Waals surface area (Å²) in [6.45, 7) is 0.322. The Hall–Kier alpha value is -0.830. The molecule has 3 unspecified atom stereocenters. The molecular formula is C8H9O4S+. The Morgan fingerprint density at radius 2 is 2.54 bits per heavy atom. The van der Waals surface area contributed by atoms with E-state index < -0.39 is 11.5 Å². The van der Waals surface area contributed by atoms with Crippen molar-refractivity contribution in [2.45, 2.75) is 24.1 Å². The number of hydrogen-bond acceptors (Lipinski definition) is 4. The highest BCUT2D eigenvalue weighted by Gasteiger charge is 2.31. The van der Waals surface area contributed by atoms with E-state index in [1.54, 1.807) is 0 Å². The Balaban J connectivity index is 2.35. The highest BCUT2D eigenvalue weighted by Crippen LogP contribution is 2.14. The minimum atomic E-state index is -0.792. The molecule has 0 aromatic carbocycles. The summed E-state index contributed by atoms with van der Waals surface area (Å²) >= 11 is 0.356. The molecule has 1 saturated heterocycles. The molecule has 5 heteroatoms. The number of carbonyl (C=O) groups is 1. The topological polar surface area (TPSA) is 52.6 Å². The molecule has 0 aromatic rings. The molecule has 70 valence electrons. The van der Waals surface area contributed by atoms with Crippen LogP contribution in [0.15, 0.2) is 0 Å². The first-order valence-electron chi connectivity index (χ1n) is 3.77. The van der Waals surface area contributed by atoms with Gasteiger partial charge in [0.15, 0.2) is 6.29 Å². The Kier molecular flexibility index (Phi) is 3.96. The Morgan fingerprint density at radius 1 is 1.77 bits per heavy atom. The number of aldehydes is 1. The molecule has 1 heterocycles. The molecule has 0 bridgehead atoms. The fourth-order valence-electron chi connectivity index (χ4n) is 1.04. The van der Waals surface area contributed by atoms with Crippen molar-refractivity contribution in [1.82, 2.24) is 0 Å². The van der Waals surface area contributed by atoms with E-state index in [2.05, 4.69) is 5.92 Å². The molecule has 1 aliphatic rings. The van der Waals surface area contributed by atoms with E-state index in [1.165, 1.54) is 0 Å². The van der Waals surface area contributed by atoms with E-state index in [-0.39, 0.29) is 6.10 Å². The summed E-state index contributed by atoms with van der Waals surface area (Å²) in [5, 5.41) is -0.418. The van der Waals surface area contributed by atoms with Crippen LogP contribution in [0.25, 0.3) is 0 Å². The monoisotopic (exact) mass is 201 g/mol. The number of ether oxygens (including phenoxy) is 2. The minimum absolute atomic E-state index is 0.238. The van der Waals surface area contributed by atoms with E-state index in [0.29, 0.717) is 31.0 Å². The number of carbonyl (C=O) groups excluding carboxylic acids is 1. The minimum Gasteiger partial charge on any atom is -0.343 e. The molecule has 0 radical (unpaired) electrons. The largest absolute Gasteiger partial charge is 0.476 e. The summed E-state index contributed by atoms with van der Waals surface area (Å²) in [6, 6.07) is 0. The van der Waals surface area contributed by atoms with Gasteiger partial charge in [0.25, 0.3) is 5.25 Å². The third-order valence-electron chi connectivity index (χ3n) is 1.66. The maximum atomic E-state index is 10.4. The van der Waals surface area contributed by atoms with Gasteiger partial charge in [-0.15, -0.1) is 6.42 Å². The molecular weight excluding hydrogens is 192 g/mol. The van der Waals surface area contributed by atoms with Crippen LogP contribution in [-0.2, 0) is 30.1 Å². The summed E-state index contributed by atoms with van der Waals surface area (Å²) < 4.78 is 20.4. The van der Waals surface area contributed by atoms with Gasteiger partial charge in [-0.05, 0) is 5.92 Å². The lowest BCUT2D eigenvalue weighted by atomic mass is 10.2. The van der Waals surface area contributed by atoms with Crippen molar-refractivity contribution in [2.75, 3.05) is 6.61 Å². The number of terminal acetylenes is 1. The molecule has 3 atom stereocenters. The fraction of sp³-hybridized carbons (Fsp3) is 0.625. The summed E-state index contributed by atoms with van der Waals surface area (Å²) in [5.41, 5.74) is 0. The zero-order valence-corrected chi connectivity index (χ0v) is 7.66. The zero-order valence-electron chi connectivity index (χ0n) is 6.84. The van der Waals surface area contributed by atoms with E-state index >= 15 is 0 Å². The first-order valence-corrected chi connectivity index (χ1v) is 4.57. The van der Waals surface area contributed by atoms with Crippen LogP contribution in [0.3, 0.4) is 0 Å². The molecule has 0 N–H and O–H groups in total. The summed E-state index contributed by atoms with van der Waals surface area (Å²) in [4.78, 5) is 10.2. The molecule has 0 saturated carbocycles. The van der Waals surface area contributed by atoms with Crippen LogP contribution >= 0.6 is 0 Å². The maximum absolute atomic E-state index is 10.4. The second-order valence-corrected chi connectivity index (χ2v) is 3.34. The fourth-order valence-corrected chi connectivity index (χ4v) is 1.39. The van der Waals surface area contributed by atoms with Gasteiger partial charge in [0.2, 0.25) is 6.29 Å². The molecule has 0 amide bonds. The SMILES string of the molecule is C#CC(CC1COC(C=O)O1)[S+]=O. The van der Waals surface area contributed by atoms with Gasteiger partial charge in [0.1, 0.15) is 0 Å². The lowest BCUT2D eigenvalue weighted by Gasteiger charge is -2.03. The van der Waals surface area contributed by atoms with Crippen molar-refractivity contribution < 1.29 is 18.5 Å². The van der Waals surface area contributed by atoms with Gasteiger partial charge < -0.3 is 9.47 Å². The third kappa shape index (κ3) is 2.84. The van der Waals surface area contributed by atoms with E-state index in [1.807, 2.05) is 0 Å². The van der Waals surface area contributed by atoms with Gasteiger partial charge in [-0.2, -0.15) is 0 Å². The van der Waals surface area contributed by atoms with Gasteiger partial charge in [-0.1, -0.05) is 0 Å². The smallest absolute Gasteiger partial charge is 0.343 e. The summed E-state index contributed by atoms with van der Waals surface area (Å²) in [6.07, 6.45) is 5.07. The predicted molar refractivity (Wildman–Crippen MR) is 46.0 cm³/mol. The van der Waals surface area contributed by atoms with E-state index in [9.17, 15) is 9.00 Å². The Labute approximate surface area is 80.1 Å². The Morgan fingerprint density at radius 3 is 3.00 bits per heavy atom. The van der Waals surface area contributed by atoms with Crippen LogP contribution in [0.5, 0.6) is 0 Å². The molecule has 4 nitrogen and oxygen atoms in total. The molecule has 0 spiro atoms. The van der Waals surface area contributed by atoms with Gasteiger partial charge in [-0.3, -0.25) is 4.79 Å². The van der Waals surface area contributed by atoms with Crippen molar-refractivity contribution in [3.05, 3.63) is 0 Å². The van der Waals surface area contributed by atoms with Crippen molar-refractivity contribution in [2.24, 2.45) is 0 Å². The third-order valence-corrected chi connectivity index (χ3v) is 2.22. The van der Waals surface area contributed by atoms with Crippen LogP contribution in [-0.4, -0.2) is 30.5 Å². The summed E-state index contributed by atoms with van der Waals surface area (Å²) in [7, 11) is 0. The highest BCUT2D eigenvalue weighted by molar-refractivity contribution is 7.66.